The van der Waals surface area contributed by atoms with Crippen LogP contribution in [0.1, 0.15) is 24.6 Å². The second-order valence-electron chi connectivity index (χ2n) is 4.13. The molecular weight excluding hydrogens is 316 g/mol. The second-order valence-corrected chi connectivity index (χ2v) is 4.99. The molecule has 0 unspecified atom stereocenters. The van der Waals surface area contributed by atoms with Gasteiger partial charge in [-0.2, -0.15) is 0 Å². The van der Waals surface area contributed by atoms with Crippen LogP contribution in [0.5, 0.6) is 5.75 Å². The molecule has 0 amide bonds. The molecule has 0 saturated heterocycles. The summed E-state index contributed by atoms with van der Waals surface area (Å²) in [6.45, 7) is 2.38. The molecule has 102 valence electrons. The van der Waals surface area contributed by atoms with Crippen molar-refractivity contribution in [3.63, 3.8) is 0 Å². The van der Waals surface area contributed by atoms with Gasteiger partial charge >= 0.3 is 0 Å². The largest absolute Gasteiger partial charge is 0.486 e. The van der Waals surface area contributed by atoms with Crippen LogP contribution in [0.15, 0.2) is 41.0 Å². The fraction of sp³-hybridized carbons (Fsp3) is 0.188. The van der Waals surface area contributed by atoms with E-state index >= 15 is 0 Å². The van der Waals surface area contributed by atoms with Gasteiger partial charge in [0.25, 0.3) is 0 Å². The highest BCUT2D eigenvalue weighted by atomic mass is 79.9. The summed E-state index contributed by atoms with van der Waals surface area (Å²) in [7, 11) is 0. The number of hydrogen-bond donors (Lipinski definition) is 1. The molecule has 0 atom stereocenters. The Morgan fingerprint density at radius 2 is 2.20 bits per heavy atom. The van der Waals surface area contributed by atoms with Gasteiger partial charge in [-0.05, 0) is 40.2 Å². The molecule has 0 aliphatic carbocycles. The van der Waals surface area contributed by atoms with Gasteiger partial charge < -0.3 is 10.5 Å². The van der Waals surface area contributed by atoms with E-state index in [2.05, 4.69) is 32.8 Å². The minimum absolute atomic E-state index is 0.367. The van der Waals surface area contributed by atoms with Crippen LogP contribution in [-0.4, -0.2) is 4.98 Å². The maximum atomic E-state index is 5.81. The topological polar surface area (TPSA) is 48.1 Å². The van der Waals surface area contributed by atoms with E-state index < -0.39 is 0 Å². The first-order valence-corrected chi connectivity index (χ1v) is 7.10. The van der Waals surface area contributed by atoms with E-state index in [1.165, 1.54) is 0 Å². The SMILES string of the molecule is CCC#Cc1ccc(N)cc1OCc1ncccc1Br. The molecule has 0 spiro atoms. The molecule has 20 heavy (non-hydrogen) atoms. The third-order valence-electron chi connectivity index (χ3n) is 2.60. The number of aromatic nitrogens is 1. The molecule has 0 saturated carbocycles. The van der Waals surface area contributed by atoms with Crippen molar-refractivity contribution in [2.75, 3.05) is 5.73 Å². The smallest absolute Gasteiger partial charge is 0.137 e. The van der Waals surface area contributed by atoms with Gasteiger partial charge in [0.2, 0.25) is 0 Å². The second kappa shape index (κ2) is 6.97. The summed E-state index contributed by atoms with van der Waals surface area (Å²) in [6, 6.07) is 9.29. The third kappa shape index (κ3) is 3.75. The van der Waals surface area contributed by atoms with Gasteiger partial charge in [-0.25, -0.2) is 0 Å². The van der Waals surface area contributed by atoms with Crippen molar-refractivity contribution in [3.05, 3.63) is 52.3 Å². The van der Waals surface area contributed by atoms with Crippen LogP contribution in [0.4, 0.5) is 5.69 Å². The molecule has 3 nitrogen and oxygen atoms in total. The number of rotatable bonds is 3. The molecule has 4 heteroatoms. The predicted octanol–water partition coefficient (Wildman–Crippen LogP) is 3.77. The molecular formula is C16H15BrN2O. The van der Waals surface area contributed by atoms with Crippen LogP contribution in [0.2, 0.25) is 0 Å². The highest BCUT2D eigenvalue weighted by Gasteiger charge is 2.05. The molecule has 1 heterocycles. The number of anilines is 1. The van der Waals surface area contributed by atoms with E-state index in [1.54, 1.807) is 12.3 Å². The molecule has 0 aliphatic heterocycles. The van der Waals surface area contributed by atoms with Gasteiger partial charge in [0.05, 0.1) is 11.3 Å². The maximum Gasteiger partial charge on any atom is 0.137 e. The number of nitrogens with two attached hydrogens (primary N) is 1. The number of pyridine rings is 1. The normalized spacial score (nSPS) is 9.70. The van der Waals surface area contributed by atoms with E-state index in [1.807, 2.05) is 31.2 Å². The van der Waals surface area contributed by atoms with E-state index in [9.17, 15) is 0 Å². The minimum atomic E-state index is 0.367. The monoisotopic (exact) mass is 330 g/mol. The Hall–Kier alpha value is -1.99. The lowest BCUT2D eigenvalue weighted by atomic mass is 10.2. The number of nitrogen functional groups attached to an aromatic ring is 1. The zero-order chi connectivity index (χ0) is 14.4. The molecule has 0 radical (unpaired) electrons. The lowest BCUT2D eigenvalue weighted by Crippen LogP contribution is -2.01. The van der Waals surface area contributed by atoms with Crippen molar-refractivity contribution in [1.29, 1.82) is 0 Å². The van der Waals surface area contributed by atoms with Crippen molar-refractivity contribution in [1.82, 2.24) is 4.98 Å². The number of benzene rings is 1. The number of ether oxygens (including phenoxy) is 1. The average molecular weight is 331 g/mol. The standard InChI is InChI=1S/C16H15BrN2O/c1-2-3-5-12-7-8-13(18)10-16(12)20-11-15-14(17)6-4-9-19-15/h4,6-10H,2,11,18H2,1H3. The summed E-state index contributed by atoms with van der Waals surface area (Å²) < 4.78 is 6.73. The van der Waals surface area contributed by atoms with Gasteiger partial charge in [0.1, 0.15) is 12.4 Å². The van der Waals surface area contributed by atoms with Crippen LogP contribution in [0.25, 0.3) is 0 Å². The summed E-state index contributed by atoms with van der Waals surface area (Å²) in [4.78, 5) is 4.27. The molecule has 2 rings (SSSR count). The van der Waals surface area contributed by atoms with Crippen molar-refractivity contribution < 1.29 is 4.74 Å². The van der Waals surface area contributed by atoms with Crippen LogP contribution in [0.3, 0.4) is 0 Å². The Labute approximate surface area is 127 Å². The summed E-state index contributed by atoms with van der Waals surface area (Å²) in [5.74, 6) is 6.80. The Bertz CT molecular complexity index is 659. The summed E-state index contributed by atoms with van der Waals surface area (Å²) in [5.41, 5.74) is 8.13. The lowest BCUT2D eigenvalue weighted by molar-refractivity contribution is 0.300. The fourth-order valence-corrected chi connectivity index (χ4v) is 1.99. The Morgan fingerprint density at radius 1 is 1.35 bits per heavy atom. The number of halogens is 1. The van der Waals surface area contributed by atoms with Crippen LogP contribution in [0, 0.1) is 11.8 Å². The van der Waals surface area contributed by atoms with Gasteiger partial charge in [-0.1, -0.05) is 18.8 Å². The Balaban J connectivity index is 2.20. The van der Waals surface area contributed by atoms with E-state index in [0.717, 1.165) is 22.2 Å². The third-order valence-corrected chi connectivity index (χ3v) is 3.33. The molecule has 2 N–H and O–H groups in total. The van der Waals surface area contributed by atoms with Crippen molar-refractivity contribution in [3.8, 4) is 17.6 Å². The summed E-state index contributed by atoms with van der Waals surface area (Å²) >= 11 is 3.45. The quantitative estimate of drug-likeness (QED) is 0.688. The maximum absolute atomic E-state index is 5.81. The Morgan fingerprint density at radius 3 is 2.95 bits per heavy atom. The van der Waals surface area contributed by atoms with Gasteiger partial charge in [-0.3, -0.25) is 4.98 Å². The first kappa shape index (κ1) is 14.4. The van der Waals surface area contributed by atoms with Gasteiger partial charge in [0.15, 0.2) is 0 Å². The lowest BCUT2D eigenvalue weighted by Gasteiger charge is -2.09. The predicted molar refractivity (Wildman–Crippen MR) is 84.3 cm³/mol. The average Bonchev–Trinajstić information content (AvgIpc) is 2.45. The molecule has 0 bridgehead atoms. The highest BCUT2D eigenvalue weighted by molar-refractivity contribution is 9.10. The first-order chi connectivity index (χ1) is 9.70. The van der Waals surface area contributed by atoms with Crippen molar-refractivity contribution >= 4 is 21.6 Å². The highest BCUT2D eigenvalue weighted by Crippen LogP contribution is 2.23. The van der Waals surface area contributed by atoms with E-state index in [4.69, 9.17) is 10.5 Å². The molecule has 1 aromatic heterocycles. The summed E-state index contributed by atoms with van der Waals surface area (Å²) in [5, 5.41) is 0. The fourth-order valence-electron chi connectivity index (χ4n) is 1.62. The molecule has 0 aliphatic rings. The van der Waals surface area contributed by atoms with Gasteiger partial charge in [0, 0.05) is 28.8 Å². The zero-order valence-corrected chi connectivity index (χ0v) is 12.8. The molecule has 2 aromatic rings. The van der Waals surface area contributed by atoms with Crippen LogP contribution >= 0.6 is 15.9 Å². The number of hydrogen-bond acceptors (Lipinski definition) is 3. The summed E-state index contributed by atoms with van der Waals surface area (Å²) in [6.07, 6.45) is 2.54. The minimum Gasteiger partial charge on any atom is -0.486 e. The van der Waals surface area contributed by atoms with Crippen molar-refractivity contribution in [2.24, 2.45) is 0 Å². The zero-order valence-electron chi connectivity index (χ0n) is 11.2. The number of nitrogens with zero attached hydrogens (tertiary/aromatic N) is 1. The van der Waals surface area contributed by atoms with E-state index in [-0.39, 0.29) is 0 Å². The van der Waals surface area contributed by atoms with Gasteiger partial charge in [-0.15, -0.1) is 0 Å². The first-order valence-electron chi connectivity index (χ1n) is 6.31. The molecule has 1 aromatic carbocycles. The molecule has 0 fully saturated rings. The van der Waals surface area contributed by atoms with Crippen LogP contribution < -0.4 is 10.5 Å². The van der Waals surface area contributed by atoms with Crippen molar-refractivity contribution in [2.45, 2.75) is 20.0 Å². The van der Waals surface area contributed by atoms with Crippen LogP contribution in [-0.2, 0) is 6.61 Å². The Kier molecular flexibility index (Phi) is 5.03. The van der Waals surface area contributed by atoms with E-state index in [0.29, 0.717) is 18.0 Å².